The summed E-state index contributed by atoms with van der Waals surface area (Å²) in [6, 6.07) is 5.33. The first-order valence-electron chi connectivity index (χ1n) is 3.15. The Balaban J connectivity index is 2.95. The summed E-state index contributed by atoms with van der Waals surface area (Å²) in [4.78, 5) is 0. The van der Waals surface area contributed by atoms with E-state index in [2.05, 4.69) is 16.0 Å². The van der Waals surface area contributed by atoms with Crippen LogP contribution in [0.5, 0.6) is 0 Å². The van der Waals surface area contributed by atoms with E-state index in [-0.39, 0.29) is 10.2 Å². The van der Waals surface area contributed by atoms with Crippen molar-refractivity contribution < 1.29 is 4.42 Å². The monoisotopic (exact) mass is 225 g/mol. The number of allylic oxidation sites excluding steroid dienone is 1. The van der Waals surface area contributed by atoms with Gasteiger partial charge in [-0.2, -0.15) is 0 Å². The van der Waals surface area contributed by atoms with Crippen LogP contribution in [0.4, 0.5) is 0 Å². The molecule has 0 unspecified atom stereocenters. The Morgan fingerprint density at radius 3 is 2.92 bits per heavy atom. The molecule has 1 heterocycles. The van der Waals surface area contributed by atoms with Crippen LogP contribution in [0.25, 0.3) is 6.08 Å². The molecule has 1 aromatic heterocycles. The summed E-state index contributed by atoms with van der Waals surface area (Å²) >= 11 is 2.45. The Kier molecular flexibility index (Phi) is 2.87. The summed E-state index contributed by atoms with van der Waals surface area (Å²) in [6.45, 7) is 0. The van der Waals surface area contributed by atoms with Crippen molar-refractivity contribution in [1.29, 1.82) is 10.7 Å². The molecule has 1 radical (unpaired) electrons. The van der Waals surface area contributed by atoms with Crippen LogP contribution in [0.15, 0.2) is 28.4 Å². The quantitative estimate of drug-likeness (QED) is 0.468. The van der Waals surface area contributed by atoms with Gasteiger partial charge in [-0.25, -0.2) is 0 Å². The Morgan fingerprint density at radius 2 is 2.50 bits per heavy atom. The molecule has 0 aliphatic carbocycles. The first kappa shape index (κ1) is 8.79. The molecule has 1 rings (SSSR count). The standard InChI is InChI=1S/C8H5N2OSe/c9-5-6(8(10)12)4-7-2-1-3-11-7/h1-4,10H. The molecule has 0 aliphatic rings. The molecule has 0 saturated heterocycles. The minimum atomic E-state index is 0.119. The molecule has 0 aliphatic heterocycles. The predicted octanol–water partition coefficient (Wildman–Crippen LogP) is 1.33. The van der Waals surface area contributed by atoms with Gasteiger partial charge < -0.3 is 0 Å². The van der Waals surface area contributed by atoms with Crippen LogP contribution in [0.3, 0.4) is 0 Å². The molecule has 0 atom stereocenters. The molecule has 1 N–H and O–H groups in total. The van der Waals surface area contributed by atoms with Crippen LogP contribution in [0.2, 0.25) is 0 Å². The number of rotatable bonds is 2. The van der Waals surface area contributed by atoms with Gasteiger partial charge in [0.2, 0.25) is 0 Å². The van der Waals surface area contributed by atoms with Crippen LogP contribution >= 0.6 is 0 Å². The number of nitrogens with zero attached hydrogens (tertiary/aromatic N) is 1. The molecular formula is C8H5N2OSe. The van der Waals surface area contributed by atoms with Gasteiger partial charge >= 0.3 is 77.6 Å². The molecule has 0 saturated carbocycles. The van der Waals surface area contributed by atoms with E-state index in [0.717, 1.165) is 0 Å². The summed E-state index contributed by atoms with van der Waals surface area (Å²) in [6.07, 6.45) is 3.03. The van der Waals surface area contributed by atoms with Crippen LogP contribution in [-0.2, 0) is 0 Å². The van der Waals surface area contributed by atoms with Gasteiger partial charge in [0.05, 0.1) is 0 Å². The molecular weight excluding hydrogens is 219 g/mol. The maximum absolute atomic E-state index is 8.57. The van der Waals surface area contributed by atoms with Crippen molar-refractivity contribution >= 4 is 26.7 Å². The van der Waals surface area contributed by atoms with Crippen LogP contribution in [-0.4, -0.2) is 20.6 Å². The van der Waals surface area contributed by atoms with E-state index in [1.54, 1.807) is 12.1 Å². The number of furan rings is 1. The Hall–Kier alpha value is -1.30. The van der Waals surface area contributed by atoms with E-state index in [4.69, 9.17) is 15.1 Å². The Morgan fingerprint density at radius 1 is 1.75 bits per heavy atom. The van der Waals surface area contributed by atoms with Gasteiger partial charge in [0.15, 0.2) is 0 Å². The summed E-state index contributed by atoms with van der Waals surface area (Å²) in [7, 11) is 0. The molecule has 0 spiro atoms. The minimum absolute atomic E-state index is 0.119. The van der Waals surface area contributed by atoms with Crippen molar-refractivity contribution in [2.24, 2.45) is 0 Å². The van der Waals surface area contributed by atoms with Gasteiger partial charge in [0, 0.05) is 0 Å². The third-order valence-electron chi connectivity index (χ3n) is 1.19. The first-order chi connectivity index (χ1) is 5.74. The van der Waals surface area contributed by atoms with Crippen molar-refractivity contribution in [2.45, 2.75) is 0 Å². The fraction of sp³-hybridized carbons (Fsp3) is 0. The zero-order valence-electron chi connectivity index (χ0n) is 6.07. The SMILES string of the molecule is N#CC(=Cc1ccco1)C(=N)[Se]. The van der Waals surface area contributed by atoms with Gasteiger partial charge in [0.25, 0.3) is 0 Å². The van der Waals surface area contributed by atoms with E-state index in [1.807, 2.05) is 6.07 Å². The normalized spacial score (nSPS) is 10.8. The zero-order valence-corrected chi connectivity index (χ0v) is 7.79. The van der Waals surface area contributed by atoms with E-state index < -0.39 is 0 Å². The summed E-state index contributed by atoms with van der Waals surface area (Å²) in [5.74, 6) is 0.576. The summed E-state index contributed by atoms with van der Waals surface area (Å²) < 4.78 is 5.10. The van der Waals surface area contributed by atoms with Crippen molar-refractivity contribution in [2.75, 3.05) is 0 Å². The Bertz CT molecular complexity index is 346. The average Bonchev–Trinajstić information content (AvgIpc) is 2.51. The second kappa shape index (κ2) is 3.91. The number of hydrogen-bond acceptors (Lipinski definition) is 3. The van der Waals surface area contributed by atoms with Crippen molar-refractivity contribution in [1.82, 2.24) is 0 Å². The number of nitriles is 1. The third-order valence-corrected chi connectivity index (χ3v) is 1.66. The van der Waals surface area contributed by atoms with Crippen molar-refractivity contribution in [3.63, 3.8) is 0 Å². The first-order valence-corrected chi connectivity index (χ1v) is 4.01. The third kappa shape index (κ3) is 2.09. The summed E-state index contributed by atoms with van der Waals surface area (Å²) in [5.41, 5.74) is 0.268. The maximum atomic E-state index is 8.57. The van der Waals surface area contributed by atoms with Gasteiger partial charge in [-0.3, -0.25) is 0 Å². The van der Waals surface area contributed by atoms with Crippen LogP contribution in [0.1, 0.15) is 5.76 Å². The molecule has 12 heavy (non-hydrogen) atoms. The van der Waals surface area contributed by atoms with Gasteiger partial charge in [0.1, 0.15) is 0 Å². The van der Waals surface area contributed by atoms with Gasteiger partial charge in [-0.1, -0.05) is 0 Å². The molecule has 0 bridgehead atoms. The molecule has 0 aromatic carbocycles. The average molecular weight is 224 g/mol. The van der Waals surface area contributed by atoms with E-state index in [9.17, 15) is 0 Å². The predicted molar refractivity (Wildman–Crippen MR) is 45.8 cm³/mol. The van der Waals surface area contributed by atoms with Gasteiger partial charge in [-0.05, 0) is 0 Å². The van der Waals surface area contributed by atoms with Gasteiger partial charge in [-0.15, -0.1) is 0 Å². The number of nitrogens with one attached hydrogen (secondary N) is 1. The molecule has 1 aromatic rings. The van der Waals surface area contributed by atoms with Crippen LogP contribution in [0, 0.1) is 16.7 Å². The molecule has 0 fully saturated rings. The van der Waals surface area contributed by atoms with E-state index >= 15 is 0 Å². The second-order valence-corrected chi connectivity index (χ2v) is 2.87. The fourth-order valence-corrected chi connectivity index (χ4v) is 0.884. The second-order valence-electron chi connectivity index (χ2n) is 2.01. The van der Waals surface area contributed by atoms with E-state index in [0.29, 0.717) is 5.76 Å². The molecule has 3 nitrogen and oxygen atoms in total. The molecule has 4 heteroatoms. The van der Waals surface area contributed by atoms with E-state index in [1.165, 1.54) is 12.3 Å². The topological polar surface area (TPSA) is 60.8 Å². The van der Waals surface area contributed by atoms with Crippen molar-refractivity contribution in [3.8, 4) is 6.07 Å². The van der Waals surface area contributed by atoms with Crippen LogP contribution < -0.4 is 0 Å². The molecule has 59 valence electrons. The van der Waals surface area contributed by atoms with Crippen molar-refractivity contribution in [3.05, 3.63) is 29.7 Å². The number of hydrogen-bond donors (Lipinski definition) is 1. The molecule has 0 amide bonds. The summed E-state index contributed by atoms with van der Waals surface area (Å²) in [5, 5.41) is 15.7. The fourth-order valence-electron chi connectivity index (χ4n) is 0.664. The zero-order chi connectivity index (χ0) is 8.97. The Labute approximate surface area is 78.0 Å².